The summed E-state index contributed by atoms with van der Waals surface area (Å²) in [5.41, 5.74) is 1.54. The van der Waals surface area contributed by atoms with E-state index in [0.717, 1.165) is 44.6 Å². The average molecular weight is 509 g/mol. The van der Waals surface area contributed by atoms with Crippen LogP contribution in [0.4, 0.5) is 5.69 Å². The van der Waals surface area contributed by atoms with E-state index in [-0.39, 0.29) is 43.2 Å². The Labute approximate surface area is 189 Å². The first kappa shape index (κ1) is 23.2. The number of hydrogen-bond donors (Lipinski definition) is 1. The van der Waals surface area contributed by atoms with Crippen LogP contribution in [0.2, 0.25) is 0 Å². The van der Waals surface area contributed by atoms with Gasteiger partial charge in [0.2, 0.25) is 5.91 Å². The summed E-state index contributed by atoms with van der Waals surface area (Å²) in [6, 6.07) is 11.2. The molecular weight excluding hydrogens is 481 g/mol. The largest absolute Gasteiger partial charge is 0.451 e. The third-order valence-electron chi connectivity index (χ3n) is 5.35. The molecule has 1 aromatic heterocycles. The van der Waals surface area contributed by atoms with E-state index in [2.05, 4.69) is 16.8 Å². The number of nitrogens with zero attached hydrogens (tertiary/aromatic N) is 2. The number of hydrogen-bond acceptors (Lipinski definition) is 4. The van der Waals surface area contributed by atoms with Crippen molar-refractivity contribution < 1.29 is 14.0 Å². The molecule has 3 aliphatic heterocycles. The van der Waals surface area contributed by atoms with E-state index in [1.165, 1.54) is 6.08 Å². The molecule has 0 atom stereocenters. The van der Waals surface area contributed by atoms with Crippen molar-refractivity contribution >= 4 is 41.5 Å². The van der Waals surface area contributed by atoms with Crippen molar-refractivity contribution in [3.8, 4) is 11.3 Å². The molecule has 0 saturated carbocycles. The van der Waals surface area contributed by atoms with Gasteiger partial charge in [0.15, 0.2) is 5.76 Å². The second kappa shape index (κ2) is 10.1. The fourth-order valence-corrected chi connectivity index (χ4v) is 3.81. The molecule has 0 spiro atoms. The van der Waals surface area contributed by atoms with Crippen LogP contribution < -0.4 is 5.32 Å². The number of halogens is 1. The molecule has 2 bridgehead atoms. The maximum atomic E-state index is 13.0. The predicted molar refractivity (Wildman–Crippen MR) is 126 cm³/mol. The molecule has 5 rings (SSSR count). The fourth-order valence-electron chi connectivity index (χ4n) is 3.81. The summed E-state index contributed by atoms with van der Waals surface area (Å²) < 4.78 is 5.87. The first-order chi connectivity index (χ1) is 13.1. The van der Waals surface area contributed by atoms with Gasteiger partial charge in [-0.2, -0.15) is 0 Å². The highest BCUT2D eigenvalue weighted by atomic mass is 127. The van der Waals surface area contributed by atoms with Gasteiger partial charge in [0.1, 0.15) is 5.76 Å². The molecule has 1 aromatic carbocycles. The third-order valence-corrected chi connectivity index (χ3v) is 5.35. The van der Waals surface area contributed by atoms with Crippen LogP contribution in [0.25, 0.3) is 11.3 Å². The van der Waals surface area contributed by atoms with Crippen molar-refractivity contribution in [1.82, 2.24) is 9.80 Å². The molecule has 7 heteroatoms. The van der Waals surface area contributed by atoms with Gasteiger partial charge >= 0.3 is 0 Å². The van der Waals surface area contributed by atoms with Gasteiger partial charge in [-0.3, -0.25) is 9.59 Å². The Bertz CT molecular complexity index is 854. The van der Waals surface area contributed by atoms with Gasteiger partial charge in [-0.1, -0.05) is 14.0 Å². The van der Waals surface area contributed by atoms with Crippen molar-refractivity contribution in [2.75, 3.05) is 31.5 Å². The smallest absolute Gasteiger partial charge is 0.289 e. The number of rotatable bonds is 4. The average Bonchev–Trinajstić information content (AvgIpc) is 3.01. The molecule has 4 heterocycles. The SMILES string of the molecule is C.C=CC(=O)Nc1ccc(-c2ccc(C(=O)N3CCN4CCC3CC4)o2)cc1.I. The van der Waals surface area contributed by atoms with E-state index in [0.29, 0.717) is 23.2 Å². The minimum Gasteiger partial charge on any atom is -0.451 e. The number of amides is 2. The maximum absolute atomic E-state index is 13.0. The maximum Gasteiger partial charge on any atom is 0.289 e. The molecule has 3 fully saturated rings. The second-order valence-corrected chi connectivity index (χ2v) is 7.01. The standard InChI is InChI=1S/C21H23N3O3.CH4.HI/c1-2-20(25)22-16-5-3-15(4-6-16)18-7-8-19(27-18)21(26)24-14-13-23-11-9-17(24)10-12-23;;/h2-8,17H,1,9-14H2,(H,22,25);1H4;1H. The zero-order valence-electron chi connectivity index (χ0n) is 15.6. The van der Waals surface area contributed by atoms with Crippen LogP contribution >= 0.6 is 24.0 Å². The molecule has 1 N–H and O–H groups in total. The van der Waals surface area contributed by atoms with E-state index >= 15 is 0 Å². The van der Waals surface area contributed by atoms with Gasteiger partial charge in [-0.15, -0.1) is 24.0 Å². The third kappa shape index (κ3) is 5.08. The molecule has 3 saturated heterocycles. The highest BCUT2D eigenvalue weighted by Crippen LogP contribution is 2.27. The summed E-state index contributed by atoms with van der Waals surface area (Å²) in [6.45, 7) is 7.29. The number of furan rings is 1. The van der Waals surface area contributed by atoms with E-state index in [4.69, 9.17) is 4.42 Å². The lowest BCUT2D eigenvalue weighted by atomic mass is 10.1. The highest BCUT2D eigenvalue weighted by Gasteiger charge is 2.33. The first-order valence-electron chi connectivity index (χ1n) is 9.31. The number of carbonyl (C=O) groups is 2. The van der Waals surface area contributed by atoms with Crippen LogP contribution in [-0.2, 0) is 4.79 Å². The monoisotopic (exact) mass is 509 g/mol. The Kier molecular flexibility index (Phi) is 8.04. The van der Waals surface area contributed by atoms with Gasteiger partial charge in [0.05, 0.1) is 0 Å². The van der Waals surface area contributed by atoms with Crippen molar-refractivity contribution in [1.29, 1.82) is 0 Å². The lowest BCUT2D eigenvalue weighted by molar-refractivity contribution is -0.111. The molecule has 29 heavy (non-hydrogen) atoms. The Balaban J connectivity index is 0.00000150. The summed E-state index contributed by atoms with van der Waals surface area (Å²) in [7, 11) is 0. The lowest BCUT2D eigenvalue weighted by Crippen LogP contribution is -2.41. The summed E-state index contributed by atoms with van der Waals surface area (Å²) in [5, 5.41) is 2.71. The summed E-state index contributed by atoms with van der Waals surface area (Å²) in [6.07, 6.45) is 3.30. The Morgan fingerprint density at radius 3 is 2.38 bits per heavy atom. The van der Waals surface area contributed by atoms with Crippen molar-refractivity contribution in [3.63, 3.8) is 0 Å². The summed E-state index contributed by atoms with van der Waals surface area (Å²) >= 11 is 0. The van der Waals surface area contributed by atoms with Crippen LogP contribution in [-0.4, -0.2) is 53.8 Å². The van der Waals surface area contributed by atoms with Crippen LogP contribution in [0.5, 0.6) is 0 Å². The number of fused-ring (bicyclic) bond motifs is 4. The quantitative estimate of drug-likeness (QED) is 0.495. The van der Waals surface area contributed by atoms with Crippen LogP contribution in [0.1, 0.15) is 30.8 Å². The van der Waals surface area contributed by atoms with Gasteiger partial charge in [0, 0.05) is 43.5 Å². The fraction of sp³-hybridized carbons (Fsp3) is 0.364. The number of piperidine rings is 1. The molecule has 2 aromatic rings. The normalized spacial score (nSPS) is 20.1. The Morgan fingerprint density at radius 2 is 1.72 bits per heavy atom. The molecule has 0 aliphatic carbocycles. The van der Waals surface area contributed by atoms with E-state index in [1.54, 1.807) is 18.2 Å². The number of carbonyl (C=O) groups excluding carboxylic acids is 2. The minimum atomic E-state index is -0.253. The topological polar surface area (TPSA) is 65.8 Å². The Morgan fingerprint density at radius 1 is 1.03 bits per heavy atom. The van der Waals surface area contributed by atoms with Gasteiger partial charge in [-0.25, -0.2) is 0 Å². The minimum absolute atomic E-state index is 0. The zero-order valence-corrected chi connectivity index (χ0v) is 17.9. The van der Waals surface area contributed by atoms with Gasteiger partial charge < -0.3 is 19.5 Å². The van der Waals surface area contributed by atoms with Gasteiger partial charge in [0.25, 0.3) is 5.91 Å². The highest BCUT2D eigenvalue weighted by molar-refractivity contribution is 14.0. The van der Waals surface area contributed by atoms with Crippen LogP contribution in [0.15, 0.2) is 53.5 Å². The number of benzene rings is 1. The van der Waals surface area contributed by atoms with Crippen molar-refractivity contribution in [3.05, 3.63) is 54.8 Å². The number of nitrogens with one attached hydrogen (secondary N) is 1. The summed E-state index contributed by atoms with van der Waals surface area (Å²) in [5.74, 6) is 0.749. The Hall–Kier alpha value is -2.13. The molecule has 6 nitrogen and oxygen atoms in total. The lowest BCUT2D eigenvalue weighted by Gasteiger charge is -2.30. The molecule has 156 valence electrons. The predicted octanol–water partition coefficient (Wildman–Crippen LogP) is 4.25. The molecule has 0 radical (unpaired) electrons. The molecule has 0 unspecified atom stereocenters. The van der Waals surface area contributed by atoms with E-state index in [9.17, 15) is 9.59 Å². The van der Waals surface area contributed by atoms with E-state index in [1.807, 2.05) is 23.1 Å². The molecule has 2 amide bonds. The molecular formula is C22H28IN3O3. The first-order valence-corrected chi connectivity index (χ1v) is 9.31. The van der Waals surface area contributed by atoms with Gasteiger partial charge in [-0.05, 0) is 55.3 Å². The summed E-state index contributed by atoms with van der Waals surface area (Å²) in [4.78, 5) is 28.7. The van der Waals surface area contributed by atoms with Crippen molar-refractivity contribution in [2.24, 2.45) is 0 Å². The van der Waals surface area contributed by atoms with Crippen molar-refractivity contribution in [2.45, 2.75) is 26.3 Å². The van der Waals surface area contributed by atoms with Crippen LogP contribution in [0.3, 0.4) is 0 Å². The molecule has 3 aliphatic rings. The zero-order chi connectivity index (χ0) is 18.8. The number of anilines is 1. The van der Waals surface area contributed by atoms with Crippen LogP contribution in [0, 0.1) is 0 Å². The second-order valence-electron chi connectivity index (χ2n) is 7.01. The van der Waals surface area contributed by atoms with E-state index < -0.39 is 0 Å².